The third-order valence-electron chi connectivity index (χ3n) is 5.04. The fourth-order valence-corrected chi connectivity index (χ4v) is 3.53. The summed E-state index contributed by atoms with van der Waals surface area (Å²) in [5.41, 5.74) is 1.02. The van der Waals surface area contributed by atoms with Gasteiger partial charge in [0.05, 0.1) is 0 Å². The van der Waals surface area contributed by atoms with Crippen LogP contribution >= 0.6 is 0 Å². The Bertz CT molecular complexity index is 772. The lowest BCUT2D eigenvalue weighted by atomic mass is 10.1. The third-order valence-corrected chi connectivity index (χ3v) is 5.04. The minimum absolute atomic E-state index is 0.0106. The van der Waals surface area contributed by atoms with Crippen molar-refractivity contribution in [1.29, 1.82) is 0 Å². The van der Waals surface area contributed by atoms with Crippen molar-refractivity contribution < 1.29 is 13.6 Å². The predicted octanol–water partition coefficient (Wildman–Crippen LogP) is 2.81. The highest BCUT2D eigenvalue weighted by atomic mass is 19.1. The van der Waals surface area contributed by atoms with E-state index in [-0.39, 0.29) is 29.4 Å². The van der Waals surface area contributed by atoms with E-state index in [1.165, 1.54) is 18.2 Å². The van der Waals surface area contributed by atoms with Gasteiger partial charge < -0.3 is 9.80 Å². The number of hydrogen-bond acceptors (Lipinski definition) is 3. The molecule has 2 heterocycles. The second-order valence-electron chi connectivity index (χ2n) is 6.62. The van der Waals surface area contributed by atoms with Crippen molar-refractivity contribution in [3.63, 3.8) is 0 Å². The number of piperazine rings is 1. The van der Waals surface area contributed by atoms with Crippen molar-refractivity contribution in [3.8, 4) is 0 Å². The van der Waals surface area contributed by atoms with Gasteiger partial charge in [-0.05, 0) is 42.2 Å². The number of nitrogens with zero attached hydrogens (tertiary/aromatic N) is 3. The van der Waals surface area contributed by atoms with Crippen LogP contribution in [0.3, 0.4) is 0 Å². The van der Waals surface area contributed by atoms with Crippen LogP contribution in [0, 0.1) is 17.6 Å². The Kier molecular flexibility index (Phi) is 4.11. The predicted molar refractivity (Wildman–Crippen MR) is 90.2 cm³/mol. The maximum Gasteiger partial charge on any atom is 0.226 e. The molecule has 0 bridgehead atoms. The normalized spacial score (nSPS) is 22.8. The summed E-state index contributed by atoms with van der Waals surface area (Å²) >= 11 is 0. The van der Waals surface area contributed by atoms with Gasteiger partial charge >= 0.3 is 0 Å². The highest BCUT2D eigenvalue weighted by Crippen LogP contribution is 2.48. The molecule has 1 aromatic heterocycles. The van der Waals surface area contributed by atoms with E-state index in [0.717, 1.165) is 12.0 Å². The van der Waals surface area contributed by atoms with Crippen LogP contribution in [0.2, 0.25) is 0 Å². The van der Waals surface area contributed by atoms with Crippen molar-refractivity contribution >= 4 is 11.7 Å². The van der Waals surface area contributed by atoms with E-state index >= 15 is 0 Å². The first-order valence-electron chi connectivity index (χ1n) is 8.53. The second-order valence-corrected chi connectivity index (χ2v) is 6.62. The van der Waals surface area contributed by atoms with Gasteiger partial charge in [0.1, 0.15) is 5.82 Å². The van der Waals surface area contributed by atoms with Gasteiger partial charge in [-0.3, -0.25) is 4.79 Å². The van der Waals surface area contributed by atoms with Crippen LogP contribution in [0.1, 0.15) is 17.9 Å². The quantitative estimate of drug-likeness (QED) is 0.860. The molecule has 0 radical (unpaired) electrons. The molecule has 2 aromatic rings. The molecule has 2 unspecified atom stereocenters. The van der Waals surface area contributed by atoms with E-state index in [1.807, 2.05) is 9.80 Å². The average molecular weight is 343 g/mol. The fraction of sp³-hybridized carbons (Fsp3) is 0.368. The van der Waals surface area contributed by atoms with E-state index in [0.29, 0.717) is 32.0 Å². The smallest absolute Gasteiger partial charge is 0.226 e. The van der Waals surface area contributed by atoms with Crippen molar-refractivity contribution in [3.05, 3.63) is 59.8 Å². The highest BCUT2D eigenvalue weighted by Gasteiger charge is 2.46. The van der Waals surface area contributed by atoms with Crippen LogP contribution in [-0.2, 0) is 4.79 Å². The van der Waals surface area contributed by atoms with Gasteiger partial charge in [-0.25, -0.2) is 13.8 Å². The number of anilines is 1. The molecule has 4 nitrogen and oxygen atoms in total. The molecule has 6 heteroatoms. The first-order chi connectivity index (χ1) is 12.1. The van der Waals surface area contributed by atoms with Crippen molar-refractivity contribution in [1.82, 2.24) is 9.88 Å². The number of pyridine rings is 1. The number of amides is 1. The number of carbonyl (C=O) groups excluding carboxylic acids is 1. The molecule has 1 aliphatic carbocycles. The lowest BCUT2D eigenvalue weighted by Gasteiger charge is -2.35. The summed E-state index contributed by atoms with van der Waals surface area (Å²) in [6.07, 6.45) is 2.40. The summed E-state index contributed by atoms with van der Waals surface area (Å²) in [5.74, 6) is 0.0923. The van der Waals surface area contributed by atoms with E-state index in [2.05, 4.69) is 4.98 Å². The van der Waals surface area contributed by atoms with Crippen molar-refractivity contribution in [2.75, 3.05) is 31.1 Å². The molecule has 25 heavy (non-hydrogen) atoms. The summed E-state index contributed by atoms with van der Waals surface area (Å²) in [4.78, 5) is 20.5. The molecule has 4 rings (SSSR count). The lowest BCUT2D eigenvalue weighted by molar-refractivity contribution is -0.133. The summed E-state index contributed by atoms with van der Waals surface area (Å²) in [5, 5.41) is 0. The zero-order chi connectivity index (χ0) is 17.4. The zero-order valence-electron chi connectivity index (χ0n) is 13.7. The van der Waals surface area contributed by atoms with Gasteiger partial charge in [0.25, 0.3) is 0 Å². The lowest BCUT2D eigenvalue weighted by Crippen LogP contribution is -2.49. The number of rotatable bonds is 3. The number of halogens is 2. The van der Waals surface area contributed by atoms with Gasteiger partial charge in [0.15, 0.2) is 11.6 Å². The van der Waals surface area contributed by atoms with Crippen LogP contribution in [0.25, 0.3) is 0 Å². The van der Waals surface area contributed by atoms with Gasteiger partial charge in [-0.1, -0.05) is 12.1 Å². The van der Waals surface area contributed by atoms with Gasteiger partial charge in [0.2, 0.25) is 5.91 Å². The molecule has 1 amide bonds. The van der Waals surface area contributed by atoms with Crippen LogP contribution in [0.15, 0.2) is 42.6 Å². The second kappa shape index (κ2) is 6.43. The number of hydrogen-bond donors (Lipinski definition) is 0. The van der Waals surface area contributed by atoms with Crippen LogP contribution in [0.4, 0.5) is 14.6 Å². The van der Waals surface area contributed by atoms with Crippen molar-refractivity contribution in [2.24, 2.45) is 5.92 Å². The zero-order valence-corrected chi connectivity index (χ0v) is 13.7. The first-order valence-corrected chi connectivity index (χ1v) is 8.53. The van der Waals surface area contributed by atoms with E-state index in [9.17, 15) is 13.6 Å². The maximum absolute atomic E-state index is 13.8. The molecule has 0 N–H and O–H groups in total. The SMILES string of the molecule is O=C(C1CC1c1ccc(F)cc1)N1CCN(c2ncccc2F)CC1. The summed E-state index contributed by atoms with van der Waals surface area (Å²) in [6.45, 7) is 2.30. The van der Waals surface area contributed by atoms with Crippen LogP contribution in [0.5, 0.6) is 0 Å². The van der Waals surface area contributed by atoms with Crippen molar-refractivity contribution in [2.45, 2.75) is 12.3 Å². The Labute approximate surface area is 145 Å². The Morgan fingerprint density at radius 1 is 1.04 bits per heavy atom. The third kappa shape index (κ3) is 3.21. The molecule has 1 saturated carbocycles. The molecule has 1 aromatic carbocycles. The first kappa shape index (κ1) is 16.0. The van der Waals surface area contributed by atoms with Gasteiger partial charge in [-0.15, -0.1) is 0 Å². The van der Waals surface area contributed by atoms with E-state index < -0.39 is 0 Å². The Morgan fingerprint density at radius 2 is 1.76 bits per heavy atom. The monoisotopic (exact) mass is 343 g/mol. The number of benzene rings is 1. The average Bonchev–Trinajstić information content (AvgIpc) is 3.43. The Balaban J connectivity index is 1.35. The van der Waals surface area contributed by atoms with E-state index in [4.69, 9.17) is 0 Å². The molecule has 130 valence electrons. The fourth-order valence-electron chi connectivity index (χ4n) is 3.53. The van der Waals surface area contributed by atoms with Crippen LogP contribution in [-0.4, -0.2) is 42.0 Å². The topological polar surface area (TPSA) is 36.4 Å². The Morgan fingerprint density at radius 3 is 2.44 bits per heavy atom. The molecular weight excluding hydrogens is 324 g/mol. The van der Waals surface area contributed by atoms with Crippen LogP contribution < -0.4 is 4.90 Å². The standard InChI is InChI=1S/C19H19F2N3O/c20-14-5-3-13(4-6-14)15-12-16(15)19(25)24-10-8-23(9-11-24)18-17(21)2-1-7-22-18/h1-7,15-16H,8-12H2. The number of aromatic nitrogens is 1. The maximum atomic E-state index is 13.8. The largest absolute Gasteiger partial charge is 0.351 e. The van der Waals surface area contributed by atoms with Gasteiger partial charge in [0, 0.05) is 38.3 Å². The summed E-state index contributed by atoms with van der Waals surface area (Å²) in [6, 6.07) is 9.37. The number of carbonyl (C=O) groups is 1. The molecule has 0 spiro atoms. The van der Waals surface area contributed by atoms with E-state index in [1.54, 1.807) is 24.4 Å². The highest BCUT2D eigenvalue weighted by molar-refractivity contribution is 5.83. The molecule has 1 saturated heterocycles. The molecule has 1 aliphatic heterocycles. The molecular formula is C19H19F2N3O. The Hall–Kier alpha value is -2.50. The molecule has 2 atom stereocenters. The summed E-state index contributed by atoms with van der Waals surface area (Å²) in [7, 11) is 0. The van der Waals surface area contributed by atoms with Gasteiger partial charge in [-0.2, -0.15) is 0 Å². The molecule has 2 fully saturated rings. The minimum Gasteiger partial charge on any atom is -0.351 e. The molecule has 2 aliphatic rings. The summed E-state index contributed by atoms with van der Waals surface area (Å²) < 4.78 is 26.8. The minimum atomic E-state index is -0.333.